The number of esters is 1. The maximum atomic E-state index is 12.2. The molecular weight excluding hydrogens is 340 g/mol. The van der Waals surface area contributed by atoms with Gasteiger partial charge in [0.15, 0.2) is 0 Å². The Balaban J connectivity index is 1.63. The molecular formula is C23H30O4. The molecule has 2 N–H and O–H groups in total. The average molecular weight is 370 g/mol. The van der Waals surface area contributed by atoms with E-state index in [0.29, 0.717) is 12.8 Å². The molecule has 0 spiro atoms. The van der Waals surface area contributed by atoms with Gasteiger partial charge in [0.05, 0.1) is 12.2 Å². The molecule has 0 radical (unpaired) electrons. The molecule has 1 aliphatic heterocycles. The first-order valence-corrected chi connectivity index (χ1v) is 10.1. The Morgan fingerprint density at radius 1 is 1.07 bits per heavy atom. The third-order valence-electron chi connectivity index (χ3n) is 5.67. The van der Waals surface area contributed by atoms with Gasteiger partial charge >= 0.3 is 5.97 Å². The number of hydrogen-bond acceptors (Lipinski definition) is 4. The Morgan fingerprint density at radius 2 is 1.89 bits per heavy atom. The molecule has 3 rings (SSSR count). The van der Waals surface area contributed by atoms with Crippen molar-refractivity contribution in [1.82, 2.24) is 0 Å². The first-order chi connectivity index (χ1) is 13.1. The Labute approximate surface area is 161 Å². The van der Waals surface area contributed by atoms with Gasteiger partial charge in [0.2, 0.25) is 0 Å². The number of carbonyl (C=O) groups excluding carboxylic acids is 1. The largest absolute Gasteiger partial charge is 0.459 e. The molecule has 0 aromatic heterocycles. The first-order valence-electron chi connectivity index (χ1n) is 10.1. The lowest BCUT2D eigenvalue weighted by atomic mass is 9.90. The Hall–Kier alpha value is -1.91. The second kappa shape index (κ2) is 9.86. The molecule has 146 valence electrons. The molecule has 1 heterocycles. The van der Waals surface area contributed by atoms with Gasteiger partial charge in [-0.2, -0.15) is 0 Å². The monoisotopic (exact) mass is 370 g/mol. The van der Waals surface area contributed by atoms with Crippen LogP contribution in [0.2, 0.25) is 0 Å². The van der Waals surface area contributed by atoms with E-state index in [-0.39, 0.29) is 24.0 Å². The maximum absolute atomic E-state index is 12.2. The summed E-state index contributed by atoms with van der Waals surface area (Å²) < 4.78 is 5.66. The van der Waals surface area contributed by atoms with E-state index >= 15 is 0 Å². The number of benzene rings is 1. The van der Waals surface area contributed by atoms with Crippen molar-refractivity contribution in [2.24, 2.45) is 11.8 Å². The van der Waals surface area contributed by atoms with Gasteiger partial charge in [-0.3, -0.25) is 0 Å². The average Bonchev–Trinajstić information content (AvgIpc) is 3.04. The van der Waals surface area contributed by atoms with E-state index in [1.54, 1.807) is 0 Å². The van der Waals surface area contributed by atoms with Crippen LogP contribution in [-0.2, 0) is 16.0 Å². The second-order valence-electron chi connectivity index (χ2n) is 7.74. The predicted octanol–water partition coefficient (Wildman–Crippen LogP) is 3.58. The van der Waals surface area contributed by atoms with Crippen LogP contribution in [-0.4, -0.2) is 34.5 Å². The van der Waals surface area contributed by atoms with Gasteiger partial charge in [0, 0.05) is 6.08 Å². The van der Waals surface area contributed by atoms with Crippen LogP contribution >= 0.6 is 0 Å². The van der Waals surface area contributed by atoms with Crippen LogP contribution in [0.4, 0.5) is 0 Å². The number of aliphatic hydroxyl groups is 2. The zero-order valence-corrected chi connectivity index (χ0v) is 15.7. The Kier molecular flexibility index (Phi) is 7.25. The Bertz CT molecular complexity index is 652. The smallest absolute Gasteiger partial charge is 0.330 e. The topological polar surface area (TPSA) is 66.8 Å². The normalized spacial score (nSPS) is 34.4. The fourth-order valence-corrected chi connectivity index (χ4v) is 4.18. The lowest BCUT2D eigenvalue weighted by Gasteiger charge is -2.19. The molecule has 1 aliphatic carbocycles. The number of cyclic esters (lactones) is 1. The molecule has 0 saturated heterocycles. The van der Waals surface area contributed by atoms with Gasteiger partial charge in [-0.15, -0.1) is 0 Å². The molecule has 2 aliphatic rings. The number of rotatable bonds is 3. The minimum atomic E-state index is -0.743. The lowest BCUT2D eigenvalue weighted by molar-refractivity contribution is -0.143. The minimum absolute atomic E-state index is 0.0464. The summed E-state index contributed by atoms with van der Waals surface area (Å²) in [5.74, 6) is -0.283. The Morgan fingerprint density at radius 3 is 2.70 bits per heavy atom. The quantitative estimate of drug-likeness (QED) is 0.630. The predicted molar refractivity (Wildman–Crippen MR) is 105 cm³/mol. The van der Waals surface area contributed by atoms with Gasteiger partial charge in [-0.25, -0.2) is 4.79 Å². The van der Waals surface area contributed by atoms with Gasteiger partial charge < -0.3 is 14.9 Å². The van der Waals surface area contributed by atoms with Gasteiger partial charge in [0.1, 0.15) is 6.10 Å². The molecule has 4 heteroatoms. The maximum Gasteiger partial charge on any atom is 0.330 e. The van der Waals surface area contributed by atoms with Crippen molar-refractivity contribution >= 4 is 5.97 Å². The van der Waals surface area contributed by atoms with Crippen LogP contribution in [0.5, 0.6) is 0 Å². The molecule has 0 bridgehead atoms. The van der Waals surface area contributed by atoms with Crippen molar-refractivity contribution in [3.05, 3.63) is 60.2 Å². The van der Waals surface area contributed by atoms with Crippen molar-refractivity contribution in [2.45, 2.75) is 63.3 Å². The van der Waals surface area contributed by atoms with Crippen molar-refractivity contribution in [3.8, 4) is 0 Å². The summed E-state index contributed by atoms with van der Waals surface area (Å²) in [6, 6.07) is 10.2. The summed E-state index contributed by atoms with van der Waals surface area (Å²) in [4.78, 5) is 12.2. The molecule has 1 saturated carbocycles. The van der Waals surface area contributed by atoms with Gasteiger partial charge in [-0.05, 0) is 68.4 Å². The van der Waals surface area contributed by atoms with E-state index in [9.17, 15) is 15.0 Å². The number of carbonyl (C=O) groups is 1. The number of allylic oxidation sites excluding steroid dienone is 2. The van der Waals surface area contributed by atoms with Gasteiger partial charge in [0.25, 0.3) is 0 Å². The summed E-state index contributed by atoms with van der Waals surface area (Å²) >= 11 is 0. The second-order valence-corrected chi connectivity index (χ2v) is 7.74. The van der Waals surface area contributed by atoms with E-state index in [1.165, 1.54) is 17.7 Å². The van der Waals surface area contributed by atoms with Crippen molar-refractivity contribution in [3.63, 3.8) is 0 Å². The van der Waals surface area contributed by atoms with Crippen LogP contribution in [0.3, 0.4) is 0 Å². The number of ether oxygens (including phenoxy) is 1. The van der Waals surface area contributed by atoms with E-state index in [0.717, 1.165) is 32.1 Å². The minimum Gasteiger partial charge on any atom is -0.459 e. The summed E-state index contributed by atoms with van der Waals surface area (Å²) in [7, 11) is 0. The van der Waals surface area contributed by atoms with Crippen LogP contribution in [0, 0.1) is 11.8 Å². The molecule has 0 amide bonds. The fourth-order valence-electron chi connectivity index (χ4n) is 4.18. The highest BCUT2D eigenvalue weighted by Gasteiger charge is 2.35. The van der Waals surface area contributed by atoms with Crippen molar-refractivity contribution in [2.75, 3.05) is 0 Å². The zero-order valence-electron chi connectivity index (χ0n) is 15.7. The van der Waals surface area contributed by atoms with Gasteiger partial charge in [-0.1, -0.05) is 42.5 Å². The lowest BCUT2D eigenvalue weighted by Crippen LogP contribution is -2.22. The number of aryl methyl sites for hydroxylation is 1. The first kappa shape index (κ1) is 19.8. The van der Waals surface area contributed by atoms with E-state index in [2.05, 4.69) is 24.3 Å². The highest BCUT2D eigenvalue weighted by atomic mass is 16.5. The SMILES string of the molecule is O=C1/C=C/[C@@H](O)[C@@H]2C[C@@H](O)C[C@H]2/C=C/CCC[C@H](CCc2ccccc2)O1. The fraction of sp³-hybridized carbons (Fsp3) is 0.522. The standard InChI is InChI=1S/C23H30O4/c24-19-15-18-9-5-2-6-10-20(12-11-17-7-3-1-4-8-17)27-23(26)14-13-22(25)21(18)16-19/h1,3-5,7-9,13-14,18-22,24-25H,2,6,10-12,15-16H2/b9-5+,14-13+/t18-,19+,20-,21-,22-/m1/s1. The van der Waals surface area contributed by atoms with Crippen LogP contribution in [0.1, 0.15) is 44.1 Å². The zero-order chi connectivity index (χ0) is 19.1. The van der Waals surface area contributed by atoms with Crippen LogP contribution in [0.15, 0.2) is 54.6 Å². The number of aliphatic hydroxyl groups excluding tert-OH is 2. The number of fused-ring (bicyclic) bond motifs is 1. The van der Waals surface area contributed by atoms with E-state index in [1.807, 2.05) is 18.2 Å². The summed E-state index contributed by atoms with van der Waals surface area (Å²) in [6.07, 6.45) is 11.5. The third-order valence-corrected chi connectivity index (χ3v) is 5.67. The molecule has 1 fully saturated rings. The highest BCUT2D eigenvalue weighted by molar-refractivity contribution is 5.82. The van der Waals surface area contributed by atoms with Crippen molar-refractivity contribution < 1.29 is 19.7 Å². The molecule has 0 unspecified atom stereocenters. The summed E-state index contributed by atoms with van der Waals surface area (Å²) in [6.45, 7) is 0. The molecule has 5 atom stereocenters. The third kappa shape index (κ3) is 6.05. The molecule has 1 aromatic rings. The molecule has 1 aromatic carbocycles. The van der Waals surface area contributed by atoms with E-state index < -0.39 is 12.1 Å². The highest BCUT2D eigenvalue weighted by Crippen LogP contribution is 2.36. The summed E-state index contributed by atoms with van der Waals surface area (Å²) in [5.41, 5.74) is 1.24. The number of hydrogen-bond donors (Lipinski definition) is 2. The molecule has 27 heavy (non-hydrogen) atoms. The molecule has 4 nitrogen and oxygen atoms in total. The van der Waals surface area contributed by atoms with Crippen LogP contribution in [0.25, 0.3) is 0 Å². The van der Waals surface area contributed by atoms with Crippen molar-refractivity contribution in [1.29, 1.82) is 0 Å². The summed E-state index contributed by atoms with van der Waals surface area (Å²) in [5, 5.41) is 20.4. The van der Waals surface area contributed by atoms with E-state index in [4.69, 9.17) is 4.74 Å². The van der Waals surface area contributed by atoms with Crippen LogP contribution < -0.4 is 0 Å².